The van der Waals surface area contributed by atoms with E-state index in [1.807, 2.05) is 46.1 Å². The molecule has 0 radical (unpaired) electrons. The number of nitrogens with two attached hydrogens (primary N) is 3. The number of nitrogens with zero attached hydrogens (tertiary/aromatic N) is 9. The zero-order valence-electron chi connectivity index (χ0n) is 56.6. The van der Waals surface area contributed by atoms with E-state index >= 15 is 0 Å². The molecule has 3 saturated heterocycles. The Hall–Kier alpha value is -4.05. The first-order valence-electron chi connectivity index (χ1n) is 33.9. The maximum atomic E-state index is 12.9. The fraction of sp³-hybridized carbons (Fsp3) is 0.603. The van der Waals surface area contributed by atoms with Gasteiger partial charge in [0.15, 0.2) is 9.70 Å². The van der Waals surface area contributed by atoms with Crippen LogP contribution in [-0.4, -0.2) is 104 Å². The fourth-order valence-electron chi connectivity index (χ4n) is 15.1. The normalized spacial score (nSPS) is 22.3. The molecule has 0 unspecified atom stereocenters. The van der Waals surface area contributed by atoms with Gasteiger partial charge in [-0.1, -0.05) is 140 Å². The van der Waals surface area contributed by atoms with Crippen LogP contribution in [0.2, 0.25) is 0 Å². The molecule has 5 atom stereocenters. The third kappa shape index (κ3) is 17.0. The third-order valence-electron chi connectivity index (χ3n) is 20.5. The summed E-state index contributed by atoms with van der Waals surface area (Å²) in [6.07, 6.45) is 21.9. The molecule has 0 amide bonds. The second-order valence-electron chi connectivity index (χ2n) is 28.4. The number of imidazole rings is 1. The van der Waals surface area contributed by atoms with Crippen molar-refractivity contribution < 1.29 is 14.6 Å². The molecule has 18 nitrogen and oxygen atoms in total. The molecular formula is C68H98BrCl2N15O3S5. The van der Waals surface area contributed by atoms with E-state index in [0.717, 1.165) is 129 Å². The van der Waals surface area contributed by atoms with Crippen molar-refractivity contribution in [1.29, 1.82) is 0 Å². The predicted octanol–water partition coefficient (Wildman–Crippen LogP) is 14.0. The smallest absolute Gasteiger partial charge is 0.214 e. The van der Waals surface area contributed by atoms with Gasteiger partial charge in [-0.15, -0.1) is 49.5 Å². The highest BCUT2D eigenvalue weighted by Crippen LogP contribution is 2.55. The number of aromatic nitrogens is 7. The Bertz CT molecular complexity index is 3630. The number of hydrogen-bond donors (Lipinski definition) is 6. The minimum Gasteiger partial charge on any atom is -0.374 e. The second-order valence-corrected chi connectivity index (χ2v) is 36.9. The average Bonchev–Trinajstić information content (AvgIpc) is 1.62. The van der Waals surface area contributed by atoms with Gasteiger partial charge < -0.3 is 32.3 Å². The summed E-state index contributed by atoms with van der Waals surface area (Å²) in [7, 11) is -0.887. The van der Waals surface area contributed by atoms with Crippen LogP contribution in [0.15, 0.2) is 82.9 Å². The molecule has 3 aromatic carbocycles. The van der Waals surface area contributed by atoms with E-state index in [-0.39, 0.29) is 67.9 Å². The summed E-state index contributed by atoms with van der Waals surface area (Å²) in [5.41, 5.74) is 27.8. The molecule has 8 aliphatic rings. The van der Waals surface area contributed by atoms with Crippen LogP contribution in [0.25, 0.3) is 4.96 Å². The van der Waals surface area contributed by atoms with Crippen molar-refractivity contribution in [3.8, 4) is 0 Å². The first-order chi connectivity index (χ1) is 45.1. The highest BCUT2D eigenvalue weighted by atomic mass is 79.9. The molecular weight excluding hydrogens is 1390 g/mol. The number of nitrogens with one attached hydrogen (secondary N) is 3. The van der Waals surface area contributed by atoms with E-state index in [0.29, 0.717) is 22.1 Å². The second kappa shape index (κ2) is 31.9. The van der Waals surface area contributed by atoms with Crippen LogP contribution in [-0.2, 0) is 46.0 Å². The summed E-state index contributed by atoms with van der Waals surface area (Å²) in [5, 5.41) is 26.6. The van der Waals surface area contributed by atoms with Gasteiger partial charge in [0.05, 0.1) is 61.3 Å². The molecule has 514 valence electrons. The lowest BCUT2D eigenvalue weighted by Crippen LogP contribution is -2.47. The minimum atomic E-state index is -1.10. The van der Waals surface area contributed by atoms with Gasteiger partial charge in [0.25, 0.3) is 0 Å². The Morgan fingerprint density at radius 2 is 1.13 bits per heavy atom. The van der Waals surface area contributed by atoms with Gasteiger partial charge in [-0.2, -0.15) is 0 Å². The topological polar surface area (TPSA) is 254 Å². The number of alkyl halides is 1. The molecule has 94 heavy (non-hydrogen) atoms. The van der Waals surface area contributed by atoms with Crippen molar-refractivity contribution in [2.75, 3.05) is 66.4 Å². The van der Waals surface area contributed by atoms with Crippen LogP contribution < -0.4 is 41.8 Å². The van der Waals surface area contributed by atoms with Gasteiger partial charge in [0.2, 0.25) is 25.5 Å². The lowest BCUT2D eigenvalue weighted by atomic mass is 9.73. The molecule has 3 aliphatic heterocycles. The summed E-state index contributed by atoms with van der Waals surface area (Å²) in [6, 6.07) is 26.5. The Labute approximate surface area is 594 Å². The molecule has 2 saturated carbocycles. The number of piperidine rings is 3. The number of carbonyl (C=O) groups excluding carboxylic acids is 1. The lowest BCUT2D eigenvalue weighted by Gasteiger charge is -2.43. The monoisotopic (exact) mass is 1480 g/mol. The minimum absolute atomic E-state index is 0. The molecule has 5 aliphatic carbocycles. The lowest BCUT2D eigenvalue weighted by molar-refractivity contribution is -0.120. The molecule has 5 fully saturated rings. The van der Waals surface area contributed by atoms with E-state index < -0.39 is 22.0 Å². The van der Waals surface area contributed by atoms with Gasteiger partial charge in [0.1, 0.15) is 0 Å². The summed E-state index contributed by atoms with van der Waals surface area (Å²) in [6.45, 7) is 18.2. The zero-order chi connectivity index (χ0) is 67.0. The fourth-order valence-corrected chi connectivity index (χ4v) is 19.8. The zero-order valence-corrected chi connectivity index (χ0v) is 62.8. The predicted molar refractivity (Wildman–Crippen MR) is 397 cm³/mol. The standard InChI is InChI=1S/C22H27N5S.C19H27N5OS2.C17H26N2OS.C7H11ClO.C2H2BrN3S.CH4.ClH/c23-19-17-8-4-3-7-16(17)13-22(19)9-11-26(12-10-22)21-25-27-14-18(24-20(27)28-21)15-5-1-2-6-15;1-18(2,3)27(25)23-15-14-7-5-4-6-13(14)12-19(15)8-10-24(11-9-19)17-22-21-16(20)26-17;1-16(2,3)21(20)19-15-14-7-5-4-6-13(14)12-17(15)8-10-18-11-9-17;8-5-7(9)6-3-1-2-4-6;3-1-5-6-2(4)7-1;;/h3-4,7-8,14-15,19H,1-2,5-6,9-13,23H2;4-7,15,23H,8-12H2,1-3H3,(H2,20,21);4-7,15,18-19H,8-12H2,1-3H3;6H,1-5H2;(H2,4,6);1H4;1H/t19-;15-,27-;15-,21-;;;;/m111..../s1/i;;;;;1D;. The number of Topliss-reactive ketones (excluding diaryl/α,β-unsaturated/α-hetero) is 1. The Morgan fingerprint density at radius 3 is 1.59 bits per heavy atom. The summed E-state index contributed by atoms with van der Waals surface area (Å²) in [5.74, 6) is 1.42. The molecule has 3 spiro atoms. The number of carbonyl (C=O) groups is 1. The van der Waals surface area contributed by atoms with Crippen molar-refractivity contribution in [3.63, 3.8) is 0 Å². The molecule has 0 bridgehead atoms. The summed E-state index contributed by atoms with van der Waals surface area (Å²) < 4.78 is 40.5. The van der Waals surface area contributed by atoms with E-state index in [1.165, 1.54) is 108 Å². The van der Waals surface area contributed by atoms with Gasteiger partial charge in [-0.25, -0.2) is 27.4 Å². The molecule has 7 aromatic rings. The number of hydrogen-bond acceptors (Lipinski definition) is 18. The van der Waals surface area contributed by atoms with Crippen molar-refractivity contribution in [2.24, 2.45) is 27.9 Å². The first-order valence-corrected chi connectivity index (χ1v) is 39.0. The van der Waals surface area contributed by atoms with Crippen molar-refractivity contribution in [2.45, 2.75) is 192 Å². The van der Waals surface area contributed by atoms with Gasteiger partial charge in [-0.05, 0) is 204 Å². The van der Waals surface area contributed by atoms with E-state index in [9.17, 15) is 13.2 Å². The van der Waals surface area contributed by atoms with E-state index in [1.54, 1.807) is 11.3 Å². The number of benzene rings is 3. The highest BCUT2D eigenvalue weighted by Gasteiger charge is 2.51. The van der Waals surface area contributed by atoms with E-state index in [2.05, 4.69) is 140 Å². The van der Waals surface area contributed by atoms with Crippen LogP contribution in [0, 0.1) is 22.2 Å². The largest absolute Gasteiger partial charge is 0.374 e. The Morgan fingerprint density at radius 1 is 0.670 bits per heavy atom. The van der Waals surface area contributed by atoms with E-state index in [4.69, 9.17) is 40.3 Å². The van der Waals surface area contributed by atoms with Gasteiger partial charge >= 0.3 is 0 Å². The number of ketones is 1. The highest BCUT2D eigenvalue weighted by molar-refractivity contribution is 9.11. The third-order valence-corrected chi connectivity index (χ3v) is 26.8. The van der Waals surface area contributed by atoms with Crippen LogP contribution in [0.4, 0.5) is 20.5 Å². The van der Waals surface area contributed by atoms with Crippen LogP contribution >= 0.6 is 73.9 Å². The Kier molecular flexibility index (Phi) is 24.6. The van der Waals surface area contributed by atoms with Crippen LogP contribution in [0.5, 0.6) is 0 Å². The maximum absolute atomic E-state index is 12.9. The number of nitrogen functional groups attached to an aromatic ring is 2. The quantitative estimate of drug-likeness (QED) is 0.0735. The molecule has 7 heterocycles. The number of rotatable bonds is 9. The van der Waals surface area contributed by atoms with Crippen molar-refractivity contribution in [1.82, 2.24) is 49.8 Å². The molecule has 15 rings (SSSR count). The first kappa shape index (κ1) is 72.7. The average molecular weight is 1490 g/mol. The van der Waals surface area contributed by atoms with Gasteiger partial charge in [0, 0.05) is 45.4 Å². The maximum Gasteiger partial charge on any atom is 0.214 e. The molecule has 4 aromatic heterocycles. The summed E-state index contributed by atoms with van der Waals surface area (Å²) >= 11 is 13.0. The summed E-state index contributed by atoms with van der Waals surface area (Å²) in [4.78, 5) is 21.5. The van der Waals surface area contributed by atoms with Crippen LogP contribution in [0.3, 0.4) is 0 Å². The van der Waals surface area contributed by atoms with Crippen molar-refractivity contribution >= 4 is 127 Å². The molecule has 9 N–H and O–H groups in total. The Balaban J connectivity index is 0.000000148. The number of fused-ring (bicyclic) bond motifs is 4. The van der Waals surface area contributed by atoms with Gasteiger partial charge in [-0.3, -0.25) is 4.79 Å². The van der Waals surface area contributed by atoms with Crippen LogP contribution in [0.1, 0.15) is 203 Å². The molecule has 26 heteroatoms. The number of halogens is 3. The SMILES string of the molecule is CC(C)(C)[S@@](=O)N[C@@H]1c2ccccc2CC12CCN(c1nnc(N)s1)CC2.CC(C)(C)[S@@](=O)N[C@@H]1c2ccccc2CC12CCNCC2.Cl.N[C@@H]1c2ccccc2CC12CCN(c1nn3cc(C4CCCC4)nc3s1)CC2.Nc1nnc(Br)s1.O=C(CCl)C1CCCC1.[2H]C. The number of anilines is 4. The van der Waals surface area contributed by atoms with Crippen molar-refractivity contribution in [3.05, 3.63) is 122 Å².